The maximum atomic E-state index is 13.1. The Morgan fingerprint density at radius 1 is 1.11 bits per heavy atom. The van der Waals surface area contributed by atoms with Crippen LogP contribution in [0, 0.1) is 5.82 Å². The van der Waals surface area contributed by atoms with E-state index in [9.17, 15) is 14.0 Å². The van der Waals surface area contributed by atoms with Gasteiger partial charge in [-0.2, -0.15) is 4.98 Å². The Bertz CT molecular complexity index is 1180. The molecule has 2 aromatic heterocycles. The molecule has 2 heterocycles. The molecule has 0 radical (unpaired) electrons. The Balaban J connectivity index is 1.58. The molecular formula is C19H14FN5O2S. The van der Waals surface area contributed by atoms with Crippen LogP contribution in [-0.2, 0) is 4.79 Å². The average molecular weight is 395 g/mol. The minimum Gasteiger partial charge on any atom is -0.326 e. The van der Waals surface area contributed by atoms with E-state index < -0.39 is 5.91 Å². The third-order valence-corrected chi connectivity index (χ3v) is 4.71. The smallest absolute Gasteiger partial charge is 0.258 e. The molecule has 0 saturated carbocycles. The summed E-state index contributed by atoms with van der Waals surface area (Å²) in [6, 6.07) is 12.6. The summed E-state index contributed by atoms with van der Waals surface area (Å²) in [5.41, 5.74) is 2.43. The van der Waals surface area contributed by atoms with Gasteiger partial charge in [-0.3, -0.25) is 14.9 Å². The molecule has 7 nitrogen and oxygen atoms in total. The zero-order valence-electron chi connectivity index (χ0n) is 14.6. The highest BCUT2D eigenvalue weighted by Gasteiger charge is 2.15. The number of aromatic nitrogens is 3. The molecule has 0 aliphatic heterocycles. The molecule has 0 atom stereocenters. The number of halogens is 1. The van der Waals surface area contributed by atoms with Crippen LogP contribution in [-0.4, -0.2) is 26.4 Å². The van der Waals surface area contributed by atoms with Gasteiger partial charge in [-0.15, -0.1) is 16.4 Å². The number of amides is 2. The van der Waals surface area contributed by atoms with E-state index in [1.807, 2.05) is 5.38 Å². The molecule has 4 rings (SSSR count). The van der Waals surface area contributed by atoms with Crippen molar-refractivity contribution in [2.75, 3.05) is 10.6 Å². The molecule has 2 aromatic carbocycles. The summed E-state index contributed by atoms with van der Waals surface area (Å²) < 4.78 is 14.7. The van der Waals surface area contributed by atoms with Crippen molar-refractivity contribution in [1.29, 1.82) is 0 Å². The van der Waals surface area contributed by atoms with Crippen molar-refractivity contribution in [3.63, 3.8) is 0 Å². The molecule has 0 aliphatic rings. The molecule has 0 aliphatic carbocycles. The van der Waals surface area contributed by atoms with Crippen LogP contribution in [0.25, 0.3) is 16.2 Å². The fourth-order valence-corrected chi connectivity index (χ4v) is 3.50. The first-order valence-electron chi connectivity index (χ1n) is 8.29. The van der Waals surface area contributed by atoms with Gasteiger partial charge in [0.1, 0.15) is 5.82 Å². The summed E-state index contributed by atoms with van der Waals surface area (Å²) in [6.45, 7) is 1.40. The second-order valence-corrected chi connectivity index (χ2v) is 6.81. The van der Waals surface area contributed by atoms with Gasteiger partial charge in [0.15, 0.2) is 0 Å². The predicted molar refractivity (Wildman–Crippen MR) is 105 cm³/mol. The van der Waals surface area contributed by atoms with E-state index >= 15 is 0 Å². The van der Waals surface area contributed by atoms with Gasteiger partial charge in [-0.05, 0) is 42.5 Å². The zero-order chi connectivity index (χ0) is 19.7. The lowest BCUT2D eigenvalue weighted by Crippen LogP contribution is -2.14. The van der Waals surface area contributed by atoms with Gasteiger partial charge in [0, 0.05) is 29.1 Å². The number of carbonyl (C=O) groups is 2. The molecule has 28 heavy (non-hydrogen) atoms. The minimum absolute atomic E-state index is 0.158. The van der Waals surface area contributed by atoms with Crippen molar-refractivity contribution in [3.8, 4) is 11.3 Å². The van der Waals surface area contributed by atoms with Crippen LogP contribution in [0.1, 0.15) is 17.3 Å². The van der Waals surface area contributed by atoms with Gasteiger partial charge in [0.25, 0.3) is 11.9 Å². The lowest BCUT2D eigenvalue weighted by Gasteiger charge is -2.05. The third-order valence-electron chi connectivity index (χ3n) is 3.89. The largest absolute Gasteiger partial charge is 0.326 e. The van der Waals surface area contributed by atoms with Crippen LogP contribution in [0.2, 0.25) is 0 Å². The molecule has 0 unspecified atom stereocenters. The predicted octanol–water partition coefficient (Wildman–Crippen LogP) is 3.81. The number of rotatable bonds is 4. The van der Waals surface area contributed by atoms with E-state index in [0.29, 0.717) is 16.2 Å². The maximum absolute atomic E-state index is 13.1. The standard InChI is InChI=1S/C19H14FN5O2S/c1-11(26)21-15-4-2-3-13(9-15)17(27)22-18-23-19-25(24-18)16(10-28-19)12-5-7-14(20)8-6-12/h2-10H,1H3,(H,21,26)(H,22,24,27). The Morgan fingerprint density at radius 3 is 2.64 bits per heavy atom. The molecule has 2 N–H and O–H groups in total. The van der Waals surface area contributed by atoms with Crippen LogP contribution in [0.4, 0.5) is 16.0 Å². The number of nitrogens with zero attached hydrogens (tertiary/aromatic N) is 3. The molecular weight excluding hydrogens is 381 g/mol. The second kappa shape index (κ2) is 7.20. The Morgan fingerprint density at radius 2 is 1.89 bits per heavy atom. The summed E-state index contributed by atoms with van der Waals surface area (Å²) in [6.07, 6.45) is 0. The van der Waals surface area contributed by atoms with Crippen molar-refractivity contribution in [2.45, 2.75) is 6.92 Å². The normalized spacial score (nSPS) is 10.8. The Hall–Kier alpha value is -3.59. The number of thiazole rings is 1. The first kappa shape index (κ1) is 17.8. The van der Waals surface area contributed by atoms with Crippen molar-refractivity contribution in [3.05, 3.63) is 65.3 Å². The fraction of sp³-hybridized carbons (Fsp3) is 0.0526. The van der Waals surface area contributed by atoms with Gasteiger partial charge in [-0.25, -0.2) is 8.91 Å². The number of nitrogens with one attached hydrogen (secondary N) is 2. The number of benzene rings is 2. The van der Waals surface area contributed by atoms with Crippen LogP contribution in [0.15, 0.2) is 53.9 Å². The SMILES string of the molecule is CC(=O)Nc1cccc(C(=O)Nc2nc3scc(-c4ccc(F)cc4)n3n2)c1. The van der Waals surface area contributed by atoms with Crippen LogP contribution < -0.4 is 10.6 Å². The summed E-state index contributed by atoms with van der Waals surface area (Å²) in [7, 11) is 0. The van der Waals surface area contributed by atoms with Gasteiger partial charge in [-0.1, -0.05) is 6.07 Å². The van der Waals surface area contributed by atoms with Gasteiger partial charge in [0.2, 0.25) is 10.9 Å². The molecule has 0 saturated heterocycles. The lowest BCUT2D eigenvalue weighted by molar-refractivity contribution is -0.114. The molecule has 2 amide bonds. The monoisotopic (exact) mass is 395 g/mol. The van der Waals surface area contributed by atoms with E-state index in [-0.39, 0.29) is 17.7 Å². The Labute approximate surface area is 162 Å². The van der Waals surface area contributed by atoms with Crippen molar-refractivity contribution in [2.24, 2.45) is 0 Å². The number of fused-ring (bicyclic) bond motifs is 1. The van der Waals surface area contributed by atoms with E-state index in [4.69, 9.17) is 0 Å². The summed E-state index contributed by atoms with van der Waals surface area (Å²) in [5, 5.41) is 11.5. The minimum atomic E-state index is -0.395. The zero-order valence-corrected chi connectivity index (χ0v) is 15.5. The molecule has 0 bridgehead atoms. The second-order valence-electron chi connectivity index (χ2n) is 5.97. The topological polar surface area (TPSA) is 88.4 Å². The molecule has 140 valence electrons. The van der Waals surface area contributed by atoms with Gasteiger partial charge in [0.05, 0.1) is 5.69 Å². The van der Waals surface area contributed by atoms with Crippen molar-refractivity contribution < 1.29 is 14.0 Å². The fourth-order valence-electron chi connectivity index (χ4n) is 2.67. The van der Waals surface area contributed by atoms with E-state index in [0.717, 1.165) is 11.3 Å². The first-order valence-corrected chi connectivity index (χ1v) is 9.17. The van der Waals surface area contributed by atoms with E-state index in [2.05, 4.69) is 20.7 Å². The number of carbonyl (C=O) groups excluding carboxylic acids is 2. The summed E-state index contributed by atoms with van der Waals surface area (Å²) in [5.74, 6) is -0.774. The number of hydrogen-bond acceptors (Lipinski definition) is 5. The number of hydrogen-bond donors (Lipinski definition) is 2. The molecule has 0 fully saturated rings. The molecule has 0 spiro atoms. The van der Waals surface area contributed by atoms with Crippen LogP contribution in [0.5, 0.6) is 0 Å². The Kier molecular flexibility index (Phi) is 4.58. The third kappa shape index (κ3) is 3.60. The lowest BCUT2D eigenvalue weighted by atomic mass is 10.2. The van der Waals surface area contributed by atoms with Crippen molar-refractivity contribution >= 4 is 39.7 Å². The number of anilines is 2. The van der Waals surface area contributed by atoms with E-state index in [1.165, 1.54) is 30.4 Å². The quantitative estimate of drug-likeness (QED) is 0.550. The highest BCUT2D eigenvalue weighted by Crippen LogP contribution is 2.26. The highest BCUT2D eigenvalue weighted by atomic mass is 32.1. The van der Waals surface area contributed by atoms with Crippen molar-refractivity contribution in [1.82, 2.24) is 14.6 Å². The summed E-state index contributed by atoms with van der Waals surface area (Å²) in [4.78, 5) is 28.6. The van der Waals surface area contributed by atoms with Gasteiger partial charge >= 0.3 is 0 Å². The summed E-state index contributed by atoms with van der Waals surface area (Å²) >= 11 is 1.36. The first-order chi connectivity index (χ1) is 13.5. The molecule has 9 heteroatoms. The van der Waals surface area contributed by atoms with Gasteiger partial charge < -0.3 is 5.32 Å². The maximum Gasteiger partial charge on any atom is 0.258 e. The average Bonchev–Trinajstić information content (AvgIpc) is 3.22. The van der Waals surface area contributed by atoms with Crippen LogP contribution in [0.3, 0.4) is 0 Å². The van der Waals surface area contributed by atoms with Crippen LogP contribution >= 0.6 is 11.3 Å². The highest BCUT2D eigenvalue weighted by molar-refractivity contribution is 7.15. The van der Waals surface area contributed by atoms with E-state index in [1.54, 1.807) is 40.9 Å². The molecule has 4 aromatic rings.